The third kappa shape index (κ3) is 11.6. The zero-order chi connectivity index (χ0) is 20.1. The second kappa shape index (κ2) is 11.9. The van der Waals surface area contributed by atoms with Crippen LogP contribution in [0.2, 0.25) is 0 Å². The van der Waals surface area contributed by atoms with E-state index in [0.717, 1.165) is 5.56 Å². The van der Waals surface area contributed by atoms with Gasteiger partial charge in [-0.1, -0.05) is 17.2 Å². The molecule has 0 bridgehead atoms. The highest BCUT2D eigenvalue weighted by Gasteiger charge is 2.16. The Morgan fingerprint density at radius 2 is 1.93 bits per heavy atom. The Kier molecular flexibility index (Phi) is 9.89. The predicted molar refractivity (Wildman–Crippen MR) is 101 cm³/mol. The first-order chi connectivity index (χ1) is 12.8. The summed E-state index contributed by atoms with van der Waals surface area (Å²) in [6.07, 6.45) is -0.350. The van der Waals surface area contributed by atoms with Gasteiger partial charge in [-0.3, -0.25) is 10.1 Å². The summed E-state index contributed by atoms with van der Waals surface area (Å²) in [5.41, 5.74) is 8.85. The molecule has 1 rings (SSSR count). The quantitative estimate of drug-likeness (QED) is 0.273. The Morgan fingerprint density at radius 1 is 1.19 bits per heavy atom. The van der Waals surface area contributed by atoms with Gasteiger partial charge in [-0.15, -0.1) is 0 Å². The van der Waals surface area contributed by atoms with Crippen molar-refractivity contribution in [3.05, 3.63) is 40.3 Å². The van der Waals surface area contributed by atoms with Crippen molar-refractivity contribution in [3.8, 4) is 0 Å². The molecule has 0 saturated heterocycles. The fourth-order valence-electron chi connectivity index (χ4n) is 2.02. The summed E-state index contributed by atoms with van der Waals surface area (Å²) in [5.74, 6) is -0.0847. The number of ether oxygens (including phenoxy) is 3. The Labute approximate surface area is 158 Å². The molecule has 0 aliphatic carbocycles. The lowest BCUT2D eigenvalue weighted by molar-refractivity contribution is -0.123. The van der Waals surface area contributed by atoms with Gasteiger partial charge < -0.3 is 14.2 Å². The number of hydrogen-bond acceptors (Lipinski definition) is 6. The zero-order valence-corrected chi connectivity index (χ0v) is 15.9. The molecule has 0 heterocycles. The predicted octanol–water partition coefficient (Wildman–Crippen LogP) is 3.49. The van der Waals surface area contributed by atoms with Gasteiger partial charge in [-0.25, -0.2) is 4.79 Å². The smallest absolute Gasteiger partial charge is 0.412 e. The number of nitrogens with one attached hydrogen (secondary N) is 1. The molecule has 0 unspecified atom stereocenters. The molecule has 148 valence electrons. The molecule has 0 radical (unpaired) electrons. The van der Waals surface area contributed by atoms with Gasteiger partial charge in [0.2, 0.25) is 0 Å². The SMILES string of the molecule is CC(C)(C)OC(=O)Nc1cccc(CC(=O)COCCOCCN=[N+]=[N-])c1. The normalized spacial score (nSPS) is 10.8. The van der Waals surface area contributed by atoms with Crippen LogP contribution >= 0.6 is 0 Å². The van der Waals surface area contributed by atoms with Gasteiger partial charge in [0.15, 0.2) is 5.78 Å². The van der Waals surface area contributed by atoms with E-state index in [1.807, 2.05) is 0 Å². The van der Waals surface area contributed by atoms with Gasteiger partial charge in [0.05, 0.1) is 19.8 Å². The first-order valence-electron chi connectivity index (χ1n) is 8.57. The molecule has 9 nitrogen and oxygen atoms in total. The molecule has 9 heteroatoms. The fourth-order valence-corrected chi connectivity index (χ4v) is 2.02. The topological polar surface area (TPSA) is 123 Å². The van der Waals surface area contributed by atoms with Gasteiger partial charge in [0.1, 0.15) is 12.2 Å². The number of azide groups is 1. The molecule has 0 aliphatic rings. The van der Waals surface area contributed by atoms with Crippen LogP contribution in [0.5, 0.6) is 0 Å². The van der Waals surface area contributed by atoms with Crippen LogP contribution in [-0.2, 0) is 25.4 Å². The lowest BCUT2D eigenvalue weighted by Crippen LogP contribution is -2.27. The summed E-state index contributed by atoms with van der Waals surface area (Å²) in [6.45, 7) is 6.52. The number of Topliss-reactive ketones (excluding diaryl/α,β-unsaturated/α-hetero) is 1. The van der Waals surface area contributed by atoms with Crippen LogP contribution < -0.4 is 5.32 Å². The summed E-state index contributed by atoms with van der Waals surface area (Å²) < 4.78 is 15.6. The fraction of sp³-hybridized carbons (Fsp3) is 0.556. The summed E-state index contributed by atoms with van der Waals surface area (Å²) >= 11 is 0. The average molecular weight is 378 g/mol. The van der Waals surface area contributed by atoms with Crippen molar-refractivity contribution in [2.45, 2.75) is 32.8 Å². The second-order valence-electron chi connectivity index (χ2n) is 6.66. The largest absolute Gasteiger partial charge is 0.444 e. The maximum Gasteiger partial charge on any atom is 0.412 e. The Morgan fingerprint density at radius 3 is 2.63 bits per heavy atom. The highest BCUT2D eigenvalue weighted by atomic mass is 16.6. The maximum atomic E-state index is 12.0. The molecule has 27 heavy (non-hydrogen) atoms. The van der Waals surface area contributed by atoms with E-state index in [9.17, 15) is 9.59 Å². The summed E-state index contributed by atoms with van der Waals surface area (Å²) in [4.78, 5) is 26.4. The number of amides is 1. The highest BCUT2D eigenvalue weighted by Crippen LogP contribution is 2.14. The molecule has 0 fully saturated rings. The van der Waals surface area contributed by atoms with E-state index < -0.39 is 11.7 Å². The minimum atomic E-state index is -0.582. The van der Waals surface area contributed by atoms with Crippen LogP contribution in [0.1, 0.15) is 26.3 Å². The van der Waals surface area contributed by atoms with Crippen LogP contribution in [0, 0.1) is 0 Å². The number of ketones is 1. The van der Waals surface area contributed by atoms with Gasteiger partial charge in [-0.05, 0) is 44.0 Å². The van der Waals surface area contributed by atoms with Gasteiger partial charge in [0, 0.05) is 23.6 Å². The van der Waals surface area contributed by atoms with Gasteiger partial charge >= 0.3 is 6.09 Å². The van der Waals surface area contributed by atoms with E-state index in [-0.39, 0.29) is 32.0 Å². The van der Waals surface area contributed by atoms with Crippen molar-refractivity contribution >= 4 is 17.6 Å². The van der Waals surface area contributed by atoms with Crippen molar-refractivity contribution in [2.75, 3.05) is 38.3 Å². The molecule has 0 aliphatic heterocycles. The van der Waals surface area contributed by atoms with Crippen LogP contribution in [0.3, 0.4) is 0 Å². The van der Waals surface area contributed by atoms with E-state index in [1.165, 1.54) is 0 Å². The van der Waals surface area contributed by atoms with Crippen LogP contribution in [0.15, 0.2) is 29.4 Å². The molecule has 0 aromatic heterocycles. The summed E-state index contributed by atoms with van der Waals surface area (Å²) in [7, 11) is 0. The zero-order valence-electron chi connectivity index (χ0n) is 15.9. The third-order valence-corrected chi connectivity index (χ3v) is 3.01. The van der Waals surface area contributed by atoms with Gasteiger partial charge in [0.25, 0.3) is 0 Å². The first kappa shape index (κ1) is 22.4. The Bertz CT molecular complexity index is 666. The second-order valence-corrected chi connectivity index (χ2v) is 6.66. The monoisotopic (exact) mass is 378 g/mol. The molecule has 0 saturated carbocycles. The maximum absolute atomic E-state index is 12.0. The minimum Gasteiger partial charge on any atom is -0.444 e. The Balaban J connectivity index is 2.32. The van der Waals surface area contributed by atoms with Crippen molar-refractivity contribution in [2.24, 2.45) is 5.11 Å². The number of rotatable bonds is 11. The number of nitrogens with zero attached hydrogens (tertiary/aromatic N) is 3. The van der Waals surface area contributed by atoms with E-state index in [1.54, 1.807) is 45.0 Å². The van der Waals surface area contributed by atoms with Crippen molar-refractivity contribution in [1.82, 2.24) is 0 Å². The highest BCUT2D eigenvalue weighted by molar-refractivity contribution is 5.86. The van der Waals surface area contributed by atoms with Crippen molar-refractivity contribution in [1.29, 1.82) is 0 Å². The van der Waals surface area contributed by atoms with E-state index >= 15 is 0 Å². The van der Waals surface area contributed by atoms with Crippen molar-refractivity contribution < 1.29 is 23.8 Å². The molecule has 1 aromatic rings. The molecule has 1 N–H and O–H groups in total. The molecule has 1 aromatic carbocycles. The molecule has 1 amide bonds. The summed E-state index contributed by atoms with van der Waals surface area (Å²) in [5, 5.41) is 5.98. The molecular formula is C18H26N4O5. The number of anilines is 1. The first-order valence-corrected chi connectivity index (χ1v) is 8.57. The van der Waals surface area contributed by atoms with Crippen molar-refractivity contribution in [3.63, 3.8) is 0 Å². The standard InChI is InChI=1S/C18H26N4O5/c1-18(2,3)27-17(24)21-15-6-4-5-14(11-15)12-16(23)13-26-10-9-25-8-7-20-22-19/h4-6,11H,7-10,12-13H2,1-3H3,(H,21,24). The van der Waals surface area contributed by atoms with E-state index in [0.29, 0.717) is 18.9 Å². The number of benzene rings is 1. The van der Waals surface area contributed by atoms with Crippen LogP contribution in [-0.4, -0.2) is 50.4 Å². The third-order valence-electron chi connectivity index (χ3n) is 3.01. The lowest BCUT2D eigenvalue weighted by Gasteiger charge is -2.19. The van der Waals surface area contributed by atoms with E-state index in [4.69, 9.17) is 19.7 Å². The van der Waals surface area contributed by atoms with Crippen LogP contribution in [0.25, 0.3) is 10.4 Å². The molecule has 0 spiro atoms. The number of carbonyl (C=O) groups is 2. The molecule has 0 atom stereocenters. The lowest BCUT2D eigenvalue weighted by atomic mass is 10.1. The number of hydrogen-bond donors (Lipinski definition) is 1. The minimum absolute atomic E-state index is 0.0244. The summed E-state index contributed by atoms with van der Waals surface area (Å²) in [6, 6.07) is 7.01. The van der Waals surface area contributed by atoms with Crippen LogP contribution in [0.4, 0.5) is 10.5 Å². The average Bonchev–Trinajstić information content (AvgIpc) is 2.55. The molecular weight excluding hydrogens is 352 g/mol. The van der Waals surface area contributed by atoms with Gasteiger partial charge in [-0.2, -0.15) is 0 Å². The van der Waals surface area contributed by atoms with E-state index in [2.05, 4.69) is 15.3 Å². The number of carbonyl (C=O) groups excluding carboxylic acids is 2. The Hall–Kier alpha value is -2.61.